The molecule has 1 saturated heterocycles. The van der Waals surface area contributed by atoms with Gasteiger partial charge in [-0.2, -0.15) is 10.1 Å². The first kappa shape index (κ1) is 14.7. The molecule has 1 saturated carbocycles. The van der Waals surface area contributed by atoms with E-state index in [-0.39, 0.29) is 11.6 Å². The lowest BCUT2D eigenvalue weighted by molar-refractivity contribution is 0.461. The van der Waals surface area contributed by atoms with Gasteiger partial charge >= 0.3 is 0 Å². The fourth-order valence-electron chi connectivity index (χ4n) is 3.65. The van der Waals surface area contributed by atoms with Crippen LogP contribution in [-0.2, 0) is 6.54 Å². The fraction of sp³-hybridized carbons (Fsp3) is 0.421. The van der Waals surface area contributed by atoms with Crippen LogP contribution >= 0.6 is 0 Å². The van der Waals surface area contributed by atoms with Crippen molar-refractivity contribution in [2.45, 2.75) is 44.2 Å². The highest BCUT2D eigenvalue weighted by Crippen LogP contribution is 2.38. The molecule has 2 aromatic heterocycles. The molecule has 1 atom stereocenters. The lowest BCUT2D eigenvalue weighted by Gasteiger charge is -2.23. The molecule has 0 bridgehead atoms. The highest BCUT2D eigenvalue weighted by molar-refractivity contribution is 5.74. The van der Waals surface area contributed by atoms with Gasteiger partial charge < -0.3 is 9.32 Å². The average molecular weight is 336 g/mol. The quantitative estimate of drug-likeness (QED) is 0.733. The van der Waals surface area contributed by atoms with Crippen molar-refractivity contribution in [1.29, 1.82) is 0 Å². The minimum absolute atomic E-state index is 0.0335. The highest BCUT2D eigenvalue weighted by atomic mass is 16.4. The van der Waals surface area contributed by atoms with Crippen LogP contribution in [-0.4, -0.2) is 27.4 Å². The predicted molar refractivity (Wildman–Crippen MR) is 94.8 cm³/mol. The van der Waals surface area contributed by atoms with E-state index in [1.807, 2.05) is 30.3 Å². The maximum Gasteiger partial charge on any atom is 0.298 e. The Morgan fingerprint density at radius 2 is 2.00 bits per heavy atom. The number of rotatable bonds is 4. The smallest absolute Gasteiger partial charge is 0.298 e. The van der Waals surface area contributed by atoms with E-state index in [0.717, 1.165) is 36.2 Å². The first-order chi connectivity index (χ1) is 12.3. The standard InChI is InChI=1S/C19H20N4O2/c24-18-10-9-15(13-7-8-13)21-23(18)12-14-4-3-11-22(14)19-20-16-5-1-2-6-17(16)25-19/h1-2,5-6,9-10,13-14H,3-4,7-8,11-12H2. The van der Waals surface area contributed by atoms with E-state index < -0.39 is 0 Å². The molecule has 6 heteroatoms. The van der Waals surface area contributed by atoms with Gasteiger partial charge in [0.15, 0.2) is 5.58 Å². The topological polar surface area (TPSA) is 64.2 Å². The lowest BCUT2D eigenvalue weighted by Crippen LogP contribution is -2.37. The van der Waals surface area contributed by atoms with E-state index in [0.29, 0.717) is 18.5 Å². The molecule has 3 heterocycles. The SMILES string of the molecule is O=c1ccc(C2CC2)nn1CC1CCCN1c1nc2ccccc2o1. The molecule has 1 unspecified atom stereocenters. The zero-order valence-corrected chi connectivity index (χ0v) is 14.0. The van der Waals surface area contributed by atoms with Crippen molar-refractivity contribution in [2.24, 2.45) is 0 Å². The molecule has 2 fully saturated rings. The summed E-state index contributed by atoms with van der Waals surface area (Å²) in [5.74, 6) is 0.545. The van der Waals surface area contributed by atoms with Gasteiger partial charge in [-0.25, -0.2) is 4.68 Å². The maximum absolute atomic E-state index is 12.2. The number of para-hydroxylation sites is 2. The number of aromatic nitrogens is 3. The van der Waals surface area contributed by atoms with Crippen LogP contribution in [0.15, 0.2) is 45.6 Å². The normalized spacial score (nSPS) is 20.5. The molecule has 0 amide bonds. The van der Waals surface area contributed by atoms with Gasteiger partial charge in [-0.1, -0.05) is 12.1 Å². The average Bonchev–Trinajstić information content (AvgIpc) is 3.22. The van der Waals surface area contributed by atoms with Crippen LogP contribution in [0.25, 0.3) is 11.1 Å². The molecule has 5 rings (SSSR count). The van der Waals surface area contributed by atoms with Crippen LogP contribution in [0.3, 0.4) is 0 Å². The third-order valence-corrected chi connectivity index (χ3v) is 5.17. The Bertz CT molecular complexity index is 940. The van der Waals surface area contributed by atoms with Crippen LogP contribution < -0.4 is 10.5 Å². The summed E-state index contributed by atoms with van der Waals surface area (Å²) >= 11 is 0. The number of nitrogens with zero attached hydrogens (tertiary/aromatic N) is 4. The first-order valence-corrected chi connectivity index (χ1v) is 8.98. The minimum atomic E-state index is -0.0335. The first-order valence-electron chi connectivity index (χ1n) is 8.98. The molecule has 1 aliphatic carbocycles. The van der Waals surface area contributed by atoms with E-state index >= 15 is 0 Å². The molecule has 25 heavy (non-hydrogen) atoms. The number of benzene rings is 1. The fourth-order valence-corrected chi connectivity index (χ4v) is 3.65. The van der Waals surface area contributed by atoms with Gasteiger partial charge in [-0.05, 0) is 43.9 Å². The van der Waals surface area contributed by atoms with Gasteiger partial charge in [-0.3, -0.25) is 4.79 Å². The summed E-state index contributed by atoms with van der Waals surface area (Å²) in [7, 11) is 0. The summed E-state index contributed by atoms with van der Waals surface area (Å²) in [6, 6.07) is 12.2. The van der Waals surface area contributed by atoms with Crippen LogP contribution in [0.5, 0.6) is 0 Å². The van der Waals surface area contributed by atoms with Crippen molar-refractivity contribution in [1.82, 2.24) is 14.8 Å². The number of anilines is 1. The van der Waals surface area contributed by atoms with Gasteiger partial charge in [0.1, 0.15) is 5.52 Å². The van der Waals surface area contributed by atoms with E-state index in [1.54, 1.807) is 10.7 Å². The number of hydrogen-bond acceptors (Lipinski definition) is 5. The van der Waals surface area contributed by atoms with Gasteiger partial charge in [0, 0.05) is 18.5 Å². The Hall–Kier alpha value is -2.63. The summed E-state index contributed by atoms with van der Waals surface area (Å²) in [5, 5.41) is 4.60. The van der Waals surface area contributed by atoms with Gasteiger partial charge in [0.2, 0.25) is 0 Å². The summed E-state index contributed by atoms with van der Waals surface area (Å²) in [6.45, 7) is 1.48. The van der Waals surface area contributed by atoms with Crippen molar-refractivity contribution in [2.75, 3.05) is 11.4 Å². The monoisotopic (exact) mass is 336 g/mol. The Labute approximate surface area is 145 Å². The lowest BCUT2D eigenvalue weighted by atomic mass is 10.2. The van der Waals surface area contributed by atoms with Crippen molar-refractivity contribution in [3.63, 3.8) is 0 Å². The Morgan fingerprint density at radius 3 is 2.84 bits per heavy atom. The van der Waals surface area contributed by atoms with Gasteiger partial charge in [0.05, 0.1) is 18.3 Å². The molecule has 2 aliphatic rings. The van der Waals surface area contributed by atoms with E-state index in [9.17, 15) is 4.79 Å². The van der Waals surface area contributed by atoms with Crippen LogP contribution in [0.2, 0.25) is 0 Å². The summed E-state index contributed by atoms with van der Waals surface area (Å²) in [5.41, 5.74) is 2.68. The zero-order valence-electron chi connectivity index (χ0n) is 14.0. The van der Waals surface area contributed by atoms with E-state index in [4.69, 9.17) is 4.42 Å². The van der Waals surface area contributed by atoms with Crippen LogP contribution in [0, 0.1) is 0 Å². The molecule has 0 spiro atoms. The Morgan fingerprint density at radius 1 is 1.12 bits per heavy atom. The van der Waals surface area contributed by atoms with Crippen molar-refractivity contribution < 1.29 is 4.42 Å². The largest absolute Gasteiger partial charge is 0.423 e. The molecular weight excluding hydrogens is 316 g/mol. The molecule has 1 aromatic carbocycles. The third-order valence-electron chi connectivity index (χ3n) is 5.17. The van der Waals surface area contributed by atoms with Gasteiger partial charge in [-0.15, -0.1) is 0 Å². The second kappa shape index (κ2) is 5.72. The molecule has 6 nitrogen and oxygen atoms in total. The van der Waals surface area contributed by atoms with Crippen molar-refractivity contribution >= 4 is 17.1 Å². The van der Waals surface area contributed by atoms with E-state index in [2.05, 4.69) is 15.0 Å². The molecule has 3 aromatic rings. The third kappa shape index (κ3) is 2.71. The summed E-state index contributed by atoms with van der Waals surface area (Å²) in [6.07, 6.45) is 4.45. The Kier molecular flexibility index (Phi) is 3.36. The number of fused-ring (bicyclic) bond motifs is 1. The summed E-state index contributed by atoms with van der Waals surface area (Å²) < 4.78 is 7.55. The number of oxazole rings is 1. The second-order valence-electron chi connectivity index (χ2n) is 7.01. The number of hydrogen-bond donors (Lipinski definition) is 0. The van der Waals surface area contributed by atoms with Crippen molar-refractivity contribution in [3.05, 3.63) is 52.4 Å². The van der Waals surface area contributed by atoms with Gasteiger partial charge in [0.25, 0.3) is 11.6 Å². The molecular formula is C19H20N4O2. The molecule has 128 valence electrons. The highest BCUT2D eigenvalue weighted by Gasteiger charge is 2.30. The van der Waals surface area contributed by atoms with Crippen molar-refractivity contribution in [3.8, 4) is 0 Å². The second-order valence-corrected chi connectivity index (χ2v) is 7.01. The minimum Gasteiger partial charge on any atom is -0.423 e. The summed E-state index contributed by atoms with van der Waals surface area (Å²) in [4.78, 5) is 19.0. The molecule has 0 N–H and O–H groups in total. The van der Waals surface area contributed by atoms with Crippen LogP contribution in [0.1, 0.15) is 37.3 Å². The van der Waals surface area contributed by atoms with Crippen LogP contribution in [0.4, 0.5) is 6.01 Å². The molecule has 1 aliphatic heterocycles. The van der Waals surface area contributed by atoms with E-state index in [1.165, 1.54) is 12.8 Å². The Balaban J connectivity index is 1.43. The zero-order chi connectivity index (χ0) is 16.8. The predicted octanol–water partition coefficient (Wildman–Crippen LogP) is 2.93. The molecule has 0 radical (unpaired) electrons. The maximum atomic E-state index is 12.2.